The highest BCUT2D eigenvalue weighted by molar-refractivity contribution is 5.78. The third kappa shape index (κ3) is 2.11. The normalized spacial score (nSPS) is 12.4. The van der Waals surface area contributed by atoms with Crippen LogP contribution < -0.4 is 4.74 Å². The third-order valence-corrected chi connectivity index (χ3v) is 3.51. The molecule has 0 saturated heterocycles. The fourth-order valence-electron chi connectivity index (χ4n) is 2.55. The molecule has 0 atom stereocenters. The molecule has 0 amide bonds. The predicted octanol–water partition coefficient (Wildman–Crippen LogP) is 1.99. The highest BCUT2D eigenvalue weighted by Gasteiger charge is 2.22. The minimum absolute atomic E-state index is 0.187. The van der Waals surface area contributed by atoms with E-state index >= 15 is 0 Å². The van der Waals surface area contributed by atoms with Gasteiger partial charge < -0.3 is 14.9 Å². The summed E-state index contributed by atoms with van der Waals surface area (Å²) in [6, 6.07) is 14.2. The van der Waals surface area contributed by atoms with Crippen LogP contribution in [0.4, 0.5) is 0 Å². The van der Waals surface area contributed by atoms with Gasteiger partial charge in [-0.3, -0.25) is 0 Å². The molecule has 0 aromatic heterocycles. The second-order valence-corrected chi connectivity index (χ2v) is 4.72. The molecule has 1 aliphatic carbocycles. The van der Waals surface area contributed by atoms with Crippen LogP contribution in [-0.2, 0) is 6.42 Å². The summed E-state index contributed by atoms with van der Waals surface area (Å²) in [5.41, 5.74) is 4.85. The Morgan fingerprint density at radius 2 is 1.68 bits per heavy atom. The van der Waals surface area contributed by atoms with Crippen LogP contribution in [0.15, 0.2) is 42.5 Å². The number of aliphatic hydroxyl groups is 2. The molecule has 0 fully saturated rings. The van der Waals surface area contributed by atoms with E-state index < -0.39 is 6.10 Å². The monoisotopic (exact) mass is 256 g/mol. The lowest BCUT2D eigenvalue weighted by atomic mass is 10.1. The van der Waals surface area contributed by atoms with Crippen molar-refractivity contribution >= 4 is 0 Å². The van der Waals surface area contributed by atoms with E-state index in [2.05, 4.69) is 18.2 Å². The molecule has 98 valence electrons. The first-order valence-corrected chi connectivity index (χ1v) is 6.42. The van der Waals surface area contributed by atoms with Gasteiger partial charge in [-0.1, -0.05) is 36.4 Å². The topological polar surface area (TPSA) is 49.7 Å². The van der Waals surface area contributed by atoms with Crippen LogP contribution in [0.25, 0.3) is 11.1 Å². The number of benzene rings is 2. The molecular formula is C16H16O3. The van der Waals surface area contributed by atoms with E-state index in [4.69, 9.17) is 14.9 Å². The molecule has 3 nitrogen and oxygen atoms in total. The molecule has 0 bridgehead atoms. The lowest BCUT2D eigenvalue weighted by molar-refractivity contribution is 0.0624. The van der Waals surface area contributed by atoms with E-state index in [0.29, 0.717) is 0 Å². The molecule has 0 radical (unpaired) electrons. The Bertz CT molecular complexity index is 588. The van der Waals surface area contributed by atoms with Gasteiger partial charge in [-0.15, -0.1) is 0 Å². The maximum atomic E-state index is 9.12. The number of aliphatic hydroxyl groups excluding tert-OH is 2. The van der Waals surface area contributed by atoms with Gasteiger partial charge in [-0.25, -0.2) is 0 Å². The van der Waals surface area contributed by atoms with Gasteiger partial charge in [0.1, 0.15) is 11.9 Å². The second kappa shape index (κ2) is 5.03. The van der Waals surface area contributed by atoms with Crippen molar-refractivity contribution in [3.05, 3.63) is 53.6 Å². The minimum atomic E-state index is -0.560. The van der Waals surface area contributed by atoms with E-state index in [0.717, 1.165) is 17.7 Å². The van der Waals surface area contributed by atoms with Crippen LogP contribution in [0.1, 0.15) is 11.1 Å². The summed E-state index contributed by atoms with van der Waals surface area (Å²) >= 11 is 0. The Morgan fingerprint density at radius 3 is 2.47 bits per heavy atom. The molecule has 0 saturated carbocycles. The van der Waals surface area contributed by atoms with Crippen molar-refractivity contribution in [1.82, 2.24) is 0 Å². The van der Waals surface area contributed by atoms with E-state index in [1.807, 2.05) is 24.3 Å². The lowest BCUT2D eigenvalue weighted by Crippen LogP contribution is -2.25. The van der Waals surface area contributed by atoms with Gasteiger partial charge in [0.25, 0.3) is 0 Å². The van der Waals surface area contributed by atoms with Gasteiger partial charge in [-0.2, -0.15) is 0 Å². The Labute approximate surface area is 112 Å². The zero-order valence-electron chi connectivity index (χ0n) is 10.5. The largest absolute Gasteiger partial charge is 0.485 e. The molecule has 0 unspecified atom stereocenters. The first-order valence-electron chi connectivity index (χ1n) is 6.42. The predicted molar refractivity (Wildman–Crippen MR) is 73.3 cm³/mol. The van der Waals surface area contributed by atoms with Gasteiger partial charge in [0.15, 0.2) is 0 Å². The molecule has 0 aliphatic heterocycles. The molecule has 0 heterocycles. The summed E-state index contributed by atoms with van der Waals surface area (Å²) in [6.07, 6.45) is 0.279. The fourth-order valence-corrected chi connectivity index (χ4v) is 2.55. The SMILES string of the molecule is OCC(CO)Oc1cccc2c1Cc1ccccc1-2. The zero-order chi connectivity index (χ0) is 13.2. The number of ether oxygens (including phenoxy) is 1. The van der Waals surface area contributed by atoms with Crippen molar-refractivity contribution < 1.29 is 14.9 Å². The van der Waals surface area contributed by atoms with Crippen molar-refractivity contribution in [2.45, 2.75) is 12.5 Å². The first kappa shape index (κ1) is 12.2. The van der Waals surface area contributed by atoms with Crippen LogP contribution in [0.2, 0.25) is 0 Å². The number of fused-ring (bicyclic) bond motifs is 3. The summed E-state index contributed by atoms with van der Waals surface area (Å²) in [6.45, 7) is -0.375. The Morgan fingerprint density at radius 1 is 0.947 bits per heavy atom. The van der Waals surface area contributed by atoms with E-state index in [9.17, 15) is 0 Å². The van der Waals surface area contributed by atoms with E-state index in [1.165, 1.54) is 16.7 Å². The van der Waals surface area contributed by atoms with Crippen molar-refractivity contribution in [3.63, 3.8) is 0 Å². The van der Waals surface area contributed by atoms with Gasteiger partial charge in [-0.05, 0) is 22.8 Å². The van der Waals surface area contributed by atoms with Crippen LogP contribution >= 0.6 is 0 Å². The maximum Gasteiger partial charge on any atom is 0.145 e. The van der Waals surface area contributed by atoms with Crippen molar-refractivity contribution in [1.29, 1.82) is 0 Å². The van der Waals surface area contributed by atoms with Gasteiger partial charge in [0, 0.05) is 12.0 Å². The number of rotatable bonds is 4. The van der Waals surface area contributed by atoms with Crippen LogP contribution in [0.5, 0.6) is 5.75 Å². The maximum absolute atomic E-state index is 9.12. The second-order valence-electron chi connectivity index (χ2n) is 4.72. The van der Waals surface area contributed by atoms with Gasteiger partial charge >= 0.3 is 0 Å². The summed E-state index contributed by atoms with van der Waals surface area (Å²) < 4.78 is 5.69. The van der Waals surface area contributed by atoms with Crippen LogP contribution in [0, 0.1) is 0 Å². The quantitative estimate of drug-likeness (QED) is 0.750. The highest BCUT2D eigenvalue weighted by atomic mass is 16.5. The number of hydrogen-bond acceptors (Lipinski definition) is 3. The molecule has 3 heteroatoms. The lowest BCUT2D eigenvalue weighted by Gasteiger charge is -2.17. The van der Waals surface area contributed by atoms with E-state index in [1.54, 1.807) is 0 Å². The summed E-state index contributed by atoms with van der Waals surface area (Å²) in [7, 11) is 0. The third-order valence-electron chi connectivity index (χ3n) is 3.51. The van der Waals surface area contributed by atoms with Crippen molar-refractivity contribution in [2.75, 3.05) is 13.2 Å². The molecular weight excluding hydrogens is 240 g/mol. The standard InChI is InChI=1S/C16H16O3/c17-9-12(10-18)19-16-7-3-6-14-13-5-2-1-4-11(13)8-15(14)16/h1-7,12,17-18H,8-10H2. The fraction of sp³-hybridized carbons (Fsp3) is 0.250. The summed E-state index contributed by atoms with van der Waals surface area (Å²) in [5, 5.41) is 18.2. The van der Waals surface area contributed by atoms with Gasteiger partial charge in [0.2, 0.25) is 0 Å². The molecule has 2 aromatic carbocycles. The van der Waals surface area contributed by atoms with Crippen molar-refractivity contribution in [2.24, 2.45) is 0 Å². The van der Waals surface area contributed by atoms with Crippen LogP contribution in [-0.4, -0.2) is 29.5 Å². The van der Waals surface area contributed by atoms with Crippen molar-refractivity contribution in [3.8, 4) is 16.9 Å². The van der Waals surface area contributed by atoms with E-state index in [-0.39, 0.29) is 13.2 Å². The molecule has 3 rings (SSSR count). The van der Waals surface area contributed by atoms with Gasteiger partial charge in [0.05, 0.1) is 13.2 Å². The number of hydrogen-bond donors (Lipinski definition) is 2. The average Bonchev–Trinajstić information content (AvgIpc) is 2.84. The summed E-state index contributed by atoms with van der Waals surface area (Å²) in [4.78, 5) is 0. The Hall–Kier alpha value is -1.84. The highest BCUT2D eigenvalue weighted by Crippen LogP contribution is 2.41. The molecule has 0 spiro atoms. The first-order chi connectivity index (χ1) is 9.33. The molecule has 19 heavy (non-hydrogen) atoms. The zero-order valence-corrected chi connectivity index (χ0v) is 10.5. The minimum Gasteiger partial charge on any atom is -0.485 e. The smallest absolute Gasteiger partial charge is 0.145 e. The Balaban J connectivity index is 1.99. The molecule has 1 aliphatic rings. The summed E-state index contributed by atoms with van der Waals surface area (Å²) in [5.74, 6) is 0.752. The van der Waals surface area contributed by atoms with Crippen LogP contribution in [0.3, 0.4) is 0 Å². The Kier molecular flexibility index (Phi) is 3.23. The molecule has 2 N–H and O–H groups in total. The average molecular weight is 256 g/mol. The molecule has 2 aromatic rings.